The van der Waals surface area contributed by atoms with Crippen LogP contribution < -0.4 is 5.73 Å². The van der Waals surface area contributed by atoms with Gasteiger partial charge in [-0.2, -0.15) is 0 Å². The molecule has 0 aliphatic carbocycles. The average molecular weight is 257 g/mol. The van der Waals surface area contributed by atoms with Crippen molar-refractivity contribution in [2.45, 2.75) is 44.4 Å². The number of furan rings is 1. The van der Waals surface area contributed by atoms with Crippen LogP contribution in [0.5, 0.6) is 0 Å². The molecule has 1 aromatic carbocycles. The Morgan fingerprint density at radius 1 is 1.26 bits per heavy atom. The number of fused-ring (bicyclic) bond motifs is 3. The number of nitrogens with two attached hydrogens (primary N) is 1. The Hall–Kier alpha value is -1.32. The lowest BCUT2D eigenvalue weighted by Gasteiger charge is -2.23. The third-order valence-electron chi connectivity index (χ3n) is 4.63. The van der Waals surface area contributed by atoms with Gasteiger partial charge in [0.05, 0.1) is 18.2 Å². The summed E-state index contributed by atoms with van der Waals surface area (Å²) in [6.07, 6.45) is 4.22. The maximum Gasteiger partial charge on any atom is 0.134 e. The predicted octanol–water partition coefficient (Wildman–Crippen LogP) is 3.31. The van der Waals surface area contributed by atoms with E-state index in [1.165, 1.54) is 12.0 Å². The van der Waals surface area contributed by atoms with Gasteiger partial charge in [-0.3, -0.25) is 0 Å². The molecule has 4 atom stereocenters. The van der Waals surface area contributed by atoms with Crippen molar-refractivity contribution in [3.63, 3.8) is 0 Å². The molecule has 4 unspecified atom stereocenters. The van der Waals surface area contributed by atoms with Crippen LogP contribution in [-0.2, 0) is 4.74 Å². The van der Waals surface area contributed by atoms with E-state index < -0.39 is 0 Å². The molecule has 2 aliphatic heterocycles. The van der Waals surface area contributed by atoms with Crippen LogP contribution in [0, 0.1) is 12.8 Å². The lowest BCUT2D eigenvalue weighted by Crippen LogP contribution is -2.28. The van der Waals surface area contributed by atoms with E-state index in [1.54, 1.807) is 0 Å². The summed E-state index contributed by atoms with van der Waals surface area (Å²) in [5.74, 6) is 1.32. The lowest BCUT2D eigenvalue weighted by molar-refractivity contribution is 0.0871. The fourth-order valence-corrected chi connectivity index (χ4v) is 3.61. The first-order valence-electron chi connectivity index (χ1n) is 7.12. The standard InChI is InChI=1S/C16H19NO2/c1-9-2-4-13-10(6-9)7-15(19-13)16(17)12-8-11-3-5-14(12)18-11/h2,4,6-7,11-12,14,16H,3,5,8,17H2,1H3. The fourth-order valence-electron chi connectivity index (χ4n) is 3.61. The van der Waals surface area contributed by atoms with Crippen molar-refractivity contribution < 1.29 is 9.15 Å². The van der Waals surface area contributed by atoms with E-state index in [-0.39, 0.29) is 6.04 Å². The Morgan fingerprint density at radius 3 is 2.89 bits per heavy atom. The largest absolute Gasteiger partial charge is 0.459 e. The second-order valence-electron chi connectivity index (χ2n) is 5.99. The van der Waals surface area contributed by atoms with Gasteiger partial charge < -0.3 is 14.9 Å². The average Bonchev–Trinajstić information content (AvgIpc) is 3.11. The molecule has 0 saturated carbocycles. The van der Waals surface area contributed by atoms with Crippen LogP contribution >= 0.6 is 0 Å². The molecule has 2 saturated heterocycles. The number of aryl methyl sites for hydroxylation is 1. The second-order valence-corrected chi connectivity index (χ2v) is 5.99. The molecule has 3 heterocycles. The molecule has 3 heteroatoms. The number of hydrogen-bond acceptors (Lipinski definition) is 3. The summed E-state index contributed by atoms with van der Waals surface area (Å²) in [4.78, 5) is 0. The van der Waals surface area contributed by atoms with Gasteiger partial charge in [-0.25, -0.2) is 0 Å². The van der Waals surface area contributed by atoms with E-state index in [4.69, 9.17) is 14.9 Å². The van der Waals surface area contributed by atoms with Crippen LogP contribution in [0.4, 0.5) is 0 Å². The van der Waals surface area contributed by atoms with E-state index in [9.17, 15) is 0 Å². The van der Waals surface area contributed by atoms with Gasteiger partial charge in [-0.15, -0.1) is 0 Å². The van der Waals surface area contributed by atoms with Crippen LogP contribution in [0.1, 0.15) is 36.6 Å². The van der Waals surface area contributed by atoms with Crippen molar-refractivity contribution >= 4 is 11.0 Å². The van der Waals surface area contributed by atoms with Gasteiger partial charge in [0.25, 0.3) is 0 Å². The first-order valence-corrected chi connectivity index (χ1v) is 7.12. The molecule has 0 spiro atoms. The van der Waals surface area contributed by atoms with Crippen LogP contribution in [0.3, 0.4) is 0 Å². The molecule has 2 N–H and O–H groups in total. The highest BCUT2D eigenvalue weighted by atomic mass is 16.5. The molecule has 2 fully saturated rings. The Balaban J connectivity index is 1.66. The van der Waals surface area contributed by atoms with Gasteiger partial charge in [0.1, 0.15) is 11.3 Å². The Bertz CT molecular complexity index is 618. The Labute approximate surface area is 112 Å². The number of ether oxygens (including phenoxy) is 1. The molecular weight excluding hydrogens is 238 g/mol. The molecule has 3 nitrogen and oxygen atoms in total. The highest BCUT2D eigenvalue weighted by Gasteiger charge is 2.44. The van der Waals surface area contributed by atoms with Gasteiger partial charge in [-0.05, 0) is 44.4 Å². The van der Waals surface area contributed by atoms with Crippen LogP contribution in [0.2, 0.25) is 0 Å². The molecule has 0 radical (unpaired) electrons. The van der Waals surface area contributed by atoms with E-state index in [0.717, 1.165) is 29.6 Å². The van der Waals surface area contributed by atoms with Gasteiger partial charge in [0, 0.05) is 11.3 Å². The minimum atomic E-state index is -0.0389. The zero-order valence-corrected chi connectivity index (χ0v) is 11.1. The topological polar surface area (TPSA) is 48.4 Å². The molecule has 0 amide bonds. The summed E-state index contributed by atoms with van der Waals surface area (Å²) in [6, 6.07) is 8.30. The molecule has 1 aromatic heterocycles. The Kier molecular flexibility index (Phi) is 2.47. The van der Waals surface area contributed by atoms with Gasteiger partial charge in [0.2, 0.25) is 0 Å². The van der Waals surface area contributed by atoms with E-state index in [1.807, 2.05) is 6.07 Å². The van der Waals surface area contributed by atoms with Crippen LogP contribution in [0.25, 0.3) is 11.0 Å². The normalized spacial score (nSPS) is 31.2. The Morgan fingerprint density at radius 2 is 2.16 bits per heavy atom. The molecule has 4 rings (SSSR count). The van der Waals surface area contributed by atoms with Crippen molar-refractivity contribution in [1.29, 1.82) is 0 Å². The van der Waals surface area contributed by atoms with Crippen LogP contribution in [0.15, 0.2) is 28.7 Å². The quantitative estimate of drug-likeness (QED) is 0.898. The predicted molar refractivity (Wildman–Crippen MR) is 73.9 cm³/mol. The monoisotopic (exact) mass is 257 g/mol. The van der Waals surface area contributed by atoms with Crippen molar-refractivity contribution in [2.75, 3.05) is 0 Å². The maximum atomic E-state index is 6.41. The van der Waals surface area contributed by atoms with Crippen molar-refractivity contribution in [2.24, 2.45) is 11.7 Å². The summed E-state index contributed by atoms with van der Waals surface area (Å²) < 4.78 is 11.8. The van der Waals surface area contributed by atoms with Crippen molar-refractivity contribution in [1.82, 2.24) is 0 Å². The molecular formula is C16H19NO2. The summed E-state index contributed by atoms with van der Waals surface area (Å²) in [5.41, 5.74) is 8.59. The van der Waals surface area contributed by atoms with E-state index >= 15 is 0 Å². The van der Waals surface area contributed by atoms with E-state index in [2.05, 4.69) is 25.1 Å². The highest BCUT2D eigenvalue weighted by Crippen LogP contribution is 2.44. The maximum absolute atomic E-state index is 6.41. The molecule has 2 aromatic rings. The second kappa shape index (κ2) is 4.09. The van der Waals surface area contributed by atoms with Gasteiger partial charge >= 0.3 is 0 Å². The highest BCUT2D eigenvalue weighted by molar-refractivity contribution is 5.78. The molecule has 2 aliphatic rings. The zero-order valence-electron chi connectivity index (χ0n) is 11.1. The number of rotatable bonds is 2. The summed E-state index contributed by atoms with van der Waals surface area (Å²) in [7, 11) is 0. The number of hydrogen-bond donors (Lipinski definition) is 1. The first-order chi connectivity index (χ1) is 9.20. The fraction of sp³-hybridized carbons (Fsp3) is 0.500. The van der Waals surface area contributed by atoms with Crippen molar-refractivity contribution in [3.05, 3.63) is 35.6 Å². The number of benzene rings is 1. The first kappa shape index (κ1) is 11.5. The van der Waals surface area contributed by atoms with E-state index in [0.29, 0.717) is 18.1 Å². The van der Waals surface area contributed by atoms with Gasteiger partial charge in [0.15, 0.2) is 0 Å². The molecule has 19 heavy (non-hydrogen) atoms. The SMILES string of the molecule is Cc1ccc2oc(C(N)C3CC4CCC3O4)cc2c1. The minimum absolute atomic E-state index is 0.0389. The summed E-state index contributed by atoms with van der Waals surface area (Å²) in [6.45, 7) is 2.09. The minimum Gasteiger partial charge on any atom is -0.459 e. The third-order valence-corrected chi connectivity index (χ3v) is 4.63. The molecule has 2 bridgehead atoms. The third kappa shape index (κ3) is 1.80. The van der Waals surface area contributed by atoms with Crippen LogP contribution in [-0.4, -0.2) is 12.2 Å². The lowest BCUT2D eigenvalue weighted by atomic mass is 9.83. The summed E-state index contributed by atoms with van der Waals surface area (Å²) >= 11 is 0. The van der Waals surface area contributed by atoms with Crippen molar-refractivity contribution in [3.8, 4) is 0 Å². The zero-order chi connectivity index (χ0) is 13.0. The molecule has 100 valence electrons. The van der Waals surface area contributed by atoms with Gasteiger partial charge in [-0.1, -0.05) is 11.6 Å². The smallest absolute Gasteiger partial charge is 0.134 e. The summed E-state index contributed by atoms with van der Waals surface area (Å²) in [5, 5.41) is 1.15.